The average Bonchev–Trinajstić information content (AvgIpc) is 3.28. The first-order chi connectivity index (χ1) is 12.9. The van der Waals surface area contributed by atoms with Gasteiger partial charge in [0.1, 0.15) is 0 Å². The van der Waals surface area contributed by atoms with Gasteiger partial charge >= 0.3 is 0 Å². The maximum absolute atomic E-state index is 12.6. The zero-order valence-electron chi connectivity index (χ0n) is 16.4. The second-order valence-electron chi connectivity index (χ2n) is 8.20. The zero-order valence-corrected chi connectivity index (χ0v) is 17.2. The van der Waals surface area contributed by atoms with Crippen LogP contribution in [-0.2, 0) is 9.53 Å². The maximum atomic E-state index is 12.6. The molecule has 2 fully saturated rings. The molecule has 2 aromatic rings. The monoisotopic (exact) mass is 385 g/mol. The molecule has 3 atom stereocenters. The number of hydrogen-bond acceptors (Lipinski definition) is 4. The molecule has 4 rings (SSSR count). The van der Waals surface area contributed by atoms with Crippen molar-refractivity contribution in [1.82, 2.24) is 14.9 Å². The lowest BCUT2D eigenvalue weighted by Crippen LogP contribution is -2.66. The number of nitrogens with one attached hydrogen (secondary N) is 1. The number of fused-ring (bicyclic) bond motifs is 1. The zero-order chi connectivity index (χ0) is 19.2. The first-order valence-electron chi connectivity index (χ1n) is 9.53. The van der Waals surface area contributed by atoms with Crippen LogP contribution in [0.5, 0.6) is 0 Å². The molecule has 144 valence electrons. The molecular weight excluding hydrogens is 358 g/mol. The van der Waals surface area contributed by atoms with E-state index in [1.54, 1.807) is 6.20 Å². The van der Waals surface area contributed by atoms with Crippen LogP contribution in [0.3, 0.4) is 0 Å². The highest BCUT2D eigenvalue weighted by Gasteiger charge is 2.59. The van der Waals surface area contributed by atoms with E-state index < -0.39 is 0 Å². The highest BCUT2D eigenvalue weighted by molar-refractivity contribution is 7.99. The van der Waals surface area contributed by atoms with Crippen molar-refractivity contribution in [3.05, 3.63) is 41.7 Å². The SMILES string of the molecule is Cc1cccc(-n2ccnc2SCC(=O)N[C@@H]2[C@H]3CCO[C@H]3C2(C)C)c1C. The number of rotatable bonds is 5. The van der Waals surface area contributed by atoms with Gasteiger partial charge < -0.3 is 10.1 Å². The second-order valence-corrected chi connectivity index (χ2v) is 9.14. The lowest BCUT2D eigenvalue weighted by molar-refractivity contribution is -0.135. The van der Waals surface area contributed by atoms with Gasteiger partial charge in [-0.25, -0.2) is 4.98 Å². The van der Waals surface area contributed by atoms with Crippen LogP contribution in [0.4, 0.5) is 0 Å². The number of aromatic nitrogens is 2. The molecule has 1 saturated carbocycles. The van der Waals surface area contributed by atoms with Crippen molar-refractivity contribution in [3.63, 3.8) is 0 Å². The standard InChI is InChI=1S/C21H27N3O2S/c1-13-6-5-7-16(14(13)2)24-10-9-22-20(24)27-12-17(25)23-18-15-8-11-26-19(15)21(18,3)4/h5-7,9-10,15,18-19H,8,11-12H2,1-4H3,(H,23,25)/t15-,18-,19-/m1/s1. The van der Waals surface area contributed by atoms with Crippen LogP contribution < -0.4 is 5.32 Å². The summed E-state index contributed by atoms with van der Waals surface area (Å²) in [5.74, 6) is 0.900. The molecule has 1 aromatic carbocycles. The number of nitrogens with zero attached hydrogens (tertiary/aromatic N) is 2. The van der Waals surface area contributed by atoms with Gasteiger partial charge in [0.15, 0.2) is 5.16 Å². The minimum Gasteiger partial charge on any atom is -0.377 e. The van der Waals surface area contributed by atoms with Gasteiger partial charge in [0.25, 0.3) is 0 Å². The fourth-order valence-corrected chi connectivity index (χ4v) is 5.32. The highest BCUT2D eigenvalue weighted by Crippen LogP contribution is 2.52. The summed E-state index contributed by atoms with van der Waals surface area (Å²) >= 11 is 1.48. The molecule has 0 radical (unpaired) electrons. The van der Waals surface area contributed by atoms with Crippen LogP contribution in [0.15, 0.2) is 35.7 Å². The fraction of sp³-hybridized carbons (Fsp3) is 0.524. The third-order valence-corrected chi connectivity index (χ3v) is 7.16. The van der Waals surface area contributed by atoms with Crippen molar-refractivity contribution < 1.29 is 9.53 Å². The number of ether oxygens (including phenoxy) is 1. The van der Waals surface area contributed by atoms with E-state index in [0.717, 1.165) is 23.9 Å². The van der Waals surface area contributed by atoms with Crippen molar-refractivity contribution in [3.8, 4) is 5.69 Å². The lowest BCUT2D eigenvalue weighted by atomic mass is 9.57. The number of carbonyl (C=O) groups is 1. The molecule has 1 N–H and O–H groups in total. The number of carbonyl (C=O) groups excluding carboxylic acids is 1. The van der Waals surface area contributed by atoms with E-state index in [4.69, 9.17) is 4.74 Å². The van der Waals surface area contributed by atoms with E-state index in [0.29, 0.717) is 17.8 Å². The molecule has 0 unspecified atom stereocenters. The Kier molecular flexibility index (Phi) is 4.80. The first-order valence-corrected chi connectivity index (χ1v) is 10.5. The van der Waals surface area contributed by atoms with Crippen LogP contribution in [0.1, 0.15) is 31.4 Å². The Bertz CT molecular complexity index is 861. The van der Waals surface area contributed by atoms with E-state index in [9.17, 15) is 4.79 Å². The summed E-state index contributed by atoms with van der Waals surface area (Å²) in [7, 11) is 0. The van der Waals surface area contributed by atoms with Crippen LogP contribution in [0.2, 0.25) is 0 Å². The Balaban J connectivity index is 1.41. The summed E-state index contributed by atoms with van der Waals surface area (Å²) in [5.41, 5.74) is 3.60. The molecule has 5 nitrogen and oxygen atoms in total. The van der Waals surface area contributed by atoms with Crippen molar-refractivity contribution in [2.45, 2.75) is 51.4 Å². The highest BCUT2D eigenvalue weighted by atomic mass is 32.2. The molecule has 1 aromatic heterocycles. The third-order valence-electron chi connectivity index (χ3n) is 6.19. The van der Waals surface area contributed by atoms with Gasteiger partial charge in [0.05, 0.1) is 17.5 Å². The summed E-state index contributed by atoms with van der Waals surface area (Å²) in [6, 6.07) is 6.45. The molecule has 1 amide bonds. The normalized spacial score (nSPS) is 25.7. The number of aryl methyl sites for hydroxylation is 1. The lowest BCUT2D eigenvalue weighted by Gasteiger charge is -2.54. The Morgan fingerprint density at radius 2 is 2.22 bits per heavy atom. The van der Waals surface area contributed by atoms with Gasteiger partial charge in [0.2, 0.25) is 5.91 Å². The predicted octanol–water partition coefficient (Wildman–Crippen LogP) is 3.51. The quantitative estimate of drug-likeness (QED) is 0.800. The maximum Gasteiger partial charge on any atom is 0.230 e. The summed E-state index contributed by atoms with van der Waals surface area (Å²) in [4.78, 5) is 17.0. The van der Waals surface area contributed by atoms with Crippen LogP contribution >= 0.6 is 11.8 Å². The van der Waals surface area contributed by atoms with Crippen LogP contribution in [0.25, 0.3) is 5.69 Å². The molecule has 1 aliphatic heterocycles. The van der Waals surface area contributed by atoms with E-state index in [2.05, 4.69) is 60.8 Å². The minimum atomic E-state index is 0.0125. The molecular formula is C21H27N3O2S. The molecule has 6 heteroatoms. The molecule has 1 saturated heterocycles. The van der Waals surface area contributed by atoms with Gasteiger partial charge in [-0.1, -0.05) is 37.7 Å². The number of hydrogen-bond donors (Lipinski definition) is 1. The molecule has 0 spiro atoms. The summed E-state index contributed by atoms with van der Waals surface area (Å²) in [6.45, 7) is 9.41. The Hall–Kier alpha value is -1.79. The van der Waals surface area contributed by atoms with Crippen LogP contribution in [-0.4, -0.2) is 40.0 Å². The van der Waals surface area contributed by atoms with E-state index in [1.807, 2.05) is 6.20 Å². The molecule has 27 heavy (non-hydrogen) atoms. The van der Waals surface area contributed by atoms with E-state index >= 15 is 0 Å². The van der Waals surface area contributed by atoms with Crippen molar-refractivity contribution in [1.29, 1.82) is 0 Å². The van der Waals surface area contributed by atoms with Gasteiger partial charge in [-0.2, -0.15) is 0 Å². The van der Waals surface area contributed by atoms with Gasteiger partial charge in [0, 0.05) is 36.4 Å². The fourth-order valence-electron chi connectivity index (χ4n) is 4.54. The Morgan fingerprint density at radius 1 is 1.41 bits per heavy atom. The third kappa shape index (κ3) is 3.19. The number of imidazole rings is 1. The summed E-state index contributed by atoms with van der Waals surface area (Å²) < 4.78 is 7.88. The largest absolute Gasteiger partial charge is 0.377 e. The Morgan fingerprint density at radius 3 is 3.04 bits per heavy atom. The van der Waals surface area contributed by atoms with Gasteiger partial charge in [-0.05, 0) is 37.5 Å². The van der Waals surface area contributed by atoms with Gasteiger partial charge in [-0.15, -0.1) is 0 Å². The molecule has 1 aliphatic carbocycles. The molecule has 0 bridgehead atoms. The van der Waals surface area contributed by atoms with Crippen molar-refractivity contribution in [2.75, 3.05) is 12.4 Å². The van der Waals surface area contributed by atoms with Crippen molar-refractivity contribution in [2.24, 2.45) is 11.3 Å². The average molecular weight is 386 g/mol. The Labute approximate surface area is 164 Å². The van der Waals surface area contributed by atoms with Crippen LogP contribution in [0, 0.1) is 25.2 Å². The van der Waals surface area contributed by atoms with E-state index in [1.165, 1.54) is 22.9 Å². The molecule has 2 heterocycles. The number of thioether (sulfide) groups is 1. The minimum absolute atomic E-state index is 0.0125. The predicted molar refractivity (Wildman–Crippen MR) is 107 cm³/mol. The van der Waals surface area contributed by atoms with E-state index in [-0.39, 0.29) is 17.4 Å². The number of amides is 1. The van der Waals surface area contributed by atoms with Crippen molar-refractivity contribution >= 4 is 17.7 Å². The summed E-state index contributed by atoms with van der Waals surface area (Å²) in [6.07, 6.45) is 5.08. The van der Waals surface area contributed by atoms with Gasteiger partial charge in [-0.3, -0.25) is 9.36 Å². The molecule has 2 aliphatic rings. The number of benzene rings is 1. The first kappa shape index (κ1) is 18.6. The topological polar surface area (TPSA) is 56.2 Å². The smallest absolute Gasteiger partial charge is 0.230 e. The second kappa shape index (κ2) is 6.99. The summed E-state index contributed by atoms with van der Waals surface area (Å²) in [5, 5.41) is 4.08.